The number of aliphatic hydroxyl groups is 1. The minimum Gasteiger partial charge on any atom is -0.508 e. The molecule has 0 unspecified atom stereocenters. The smallest absolute Gasteiger partial charge is 0.133 e. The van der Waals surface area contributed by atoms with Gasteiger partial charge in [-0.05, 0) is 17.7 Å². The molecule has 0 aromatic heterocycles. The van der Waals surface area contributed by atoms with E-state index in [0.29, 0.717) is 0 Å². The molecule has 1 aliphatic rings. The van der Waals surface area contributed by atoms with Gasteiger partial charge in [0.25, 0.3) is 0 Å². The van der Waals surface area contributed by atoms with Crippen LogP contribution in [0, 0.1) is 0 Å². The lowest BCUT2D eigenvalue weighted by Crippen LogP contribution is -2.19. The molecule has 3 rings (SSSR count). The minimum absolute atomic E-state index is 0.125. The molecule has 5 heteroatoms. The van der Waals surface area contributed by atoms with Crippen molar-refractivity contribution in [3.63, 3.8) is 0 Å². The molecule has 0 saturated carbocycles. The Kier molecular flexibility index (Phi) is 2.91. The average Bonchev–Trinajstić information content (AvgIpc) is 2.38. The van der Waals surface area contributed by atoms with E-state index < -0.39 is 12.2 Å². The second-order valence-electron chi connectivity index (χ2n) is 4.83. The van der Waals surface area contributed by atoms with Gasteiger partial charge in [-0.2, -0.15) is 0 Å². The second-order valence-corrected chi connectivity index (χ2v) is 4.83. The highest BCUT2D eigenvalue weighted by Crippen LogP contribution is 2.46. The molecule has 0 bridgehead atoms. The van der Waals surface area contributed by atoms with E-state index in [1.807, 2.05) is 0 Å². The van der Waals surface area contributed by atoms with Crippen molar-refractivity contribution in [3.05, 3.63) is 47.5 Å². The number of hydrogen-bond acceptors (Lipinski definition) is 5. The lowest BCUT2D eigenvalue weighted by atomic mass is 9.94. The fourth-order valence-corrected chi connectivity index (χ4v) is 2.45. The van der Waals surface area contributed by atoms with Crippen LogP contribution in [0.3, 0.4) is 0 Å². The number of aliphatic hydroxyl groups excluding tert-OH is 1. The lowest BCUT2D eigenvalue weighted by molar-refractivity contribution is 0.0631. The molecule has 0 radical (unpaired) electrons. The van der Waals surface area contributed by atoms with Crippen molar-refractivity contribution >= 4 is 0 Å². The SMILES string of the molecule is Oc1ccc([C@@H]2C[C@@H](O)c3c(O)cc(O)cc3O2)cc1. The first kappa shape index (κ1) is 12.6. The number of benzene rings is 2. The molecule has 5 nitrogen and oxygen atoms in total. The van der Waals surface area contributed by atoms with E-state index in [-0.39, 0.29) is 35.0 Å². The summed E-state index contributed by atoms with van der Waals surface area (Å²) in [6.45, 7) is 0. The first-order valence-corrected chi connectivity index (χ1v) is 6.24. The van der Waals surface area contributed by atoms with Gasteiger partial charge in [0, 0.05) is 18.6 Å². The standard InChI is InChI=1S/C15H14O5/c16-9-3-1-8(2-4-9)13-7-12(19)15-11(18)5-10(17)6-14(15)20-13/h1-6,12-13,16-19H,7H2/t12-,13+/m1/s1. The molecule has 4 N–H and O–H groups in total. The van der Waals surface area contributed by atoms with Gasteiger partial charge < -0.3 is 25.2 Å². The maximum Gasteiger partial charge on any atom is 0.133 e. The van der Waals surface area contributed by atoms with Crippen LogP contribution < -0.4 is 4.74 Å². The Bertz CT molecular complexity index is 635. The van der Waals surface area contributed by atoms with Crippen molar-refractivity contribution in [3.8, 4) is 23.0 Å². The summed E-state index contributed by atoms with van der Waals surface area (Å²) < 4.78 is 5.73. The maximum atomic E-state index is 10.1. The molecule has 2 atom stereocenters. The third kappa shape index (κ3) is 2.12. The molecule has 0 aliphatic carbocycles. The maximum absolute atomic E-state index is 10.1. The fraction of sp³-hybridized carbons (Fsp3) is 0.200. The fourth-order valence-electron chi connectivity index (χ4n) is 2.45. The molecular formula is C15H14O5. The molecule has 2 aromatic rings. The Morgan fingerprint density at radius 2 is 1.65 bits per heavy atom. The summed E-state index contributed by atoms with van der Waals surface area (Å²) >= 11 is 0. The highest BCUT2D eigenvalue weighted by molar-refractivity contribution is 5.52. The first-order valence-electron chi connectivity index (χ1n) is 6.24. The Labute approximate surface area is 115 Å². The zero-order valence-electron chi connectivity index (χ0n) is 10.5. The number of phenolic OH excluding ortho intramolecular Hbond substituents is 3. The normalized spacial score (nSPS) is 21.1. The minimum atomic E-state index is -0.877. The van der Waals surface area contributed by atoms with Gasteiger partial charge in [-0.1, -0.05) is 12.1 Å². The van der Waals surface area contributed by atoms with Gasteiger partial charge in [-0.3, -0.25) is 0 Å². The summed E-state index contributed by atoms with van der Waals surface area (Å²) in [5.41, 5.74) is 1.09. The van der Waals surface area contributed by atoms with E-state index in [4.69, 9.17) is 4.74 Å². The second kappa shape index (κ2) is 4.61. The van der Waals surface area contributed by atoms with Crippen LogP contribution in [0.4, 0.5) is 0 Å². The summed E-state index contributed by atoms with van der Waals surface area (Å²) in [4.78, 5) is 0. The number of fused-ring (bicyclic) bond motifs is 1. The summed E-state index contributed by atoms with van der Waals surface area (Å²) in [7, 11) is 0. The predicted octanol–water partition coefficient (Wildman–Crippen LogP) is 2.36. The molecule has 1 aliphatic heterocycles. The third-order valence-corrected chi connectivity index (χ3v) is 3.41. The van der Waals surface area contributed by atoms with Crippen LogP contribution in [-0.4, -0.2) is 20.4 Å². The summed E-state index contributed by atoms with van der Waals surface area (Å²) in [5.74, 6) is 0.108. The molecule has 0 spiro atoms. The topological polar surface area (TPSA) is 90.2 Å². The van der Waals surface area contributed by atoms with E-state index in [1.165, 1.54) is 12.1 Å². The average molecular weight is 274 g/mol. The van der Waals surface area contributed by atoms with Gasteiger partial charge in [0.2, 0.25) is 0 Å². The molecular weight excluding hydrogens is 260 g/mol. The highest BCUT2D eigenvalue weighted by Gasteiger charge is 2.31. The van der Waals surface area contributed by atoms with Gasteiger partial charge in [0.1, 0.15) is 29.1 Å². The molecule has 0 fully saturated rings. The third-order valence-electron chi connectivity index (χ3n) is 3.41. The van der Waals surface area contributed by atoms with Crippen LogP contribution in [-0.2, 0) is 0 Å². The molecule has 104 valence electrons. The van der Waals surface area contributed by atoms with Crippen molar-refractivity contribution in [1.29, 1.82) is 0 Å². The van der Waals surface area contributed by atoms with Gasteiger partial charge in [0.05, 0.1) is 11.7 Å². The quantitative estimate of drug-likeness (QED) is 0.641. The van der Waals surface area contributed by atoms with Gasteiger partial charge >= 0.3 is 0 Å². The van der Waals surface area contributed by atoms with E-state index in [0.717, 1.165) is 5.56 Å². The van der Waals surface area contributed by atoms with Crippen LogP contribution in [0.2, 0.25) is 0 Å². The number of hydrogen-bond donors (Lipinski definition) is 4. The lowest BCUT2D eigenvalue weighted by Gasteiger charge is -2.30. The van der Waals surface area contributed by atoms with Crippen molar-refractivity contribution in [2.24, 2.45) is 0 Å². The summed E-state index contributed by atoms with van der Waals surface area (Å²) in [5, 5.41) is 38.7. The predicted molar refractivity (Wildman–Crippen MR) is 70.8 cm³/mol. The highest BCUT2D eigenvalue weighted by atomic mass is 16.5. The zero-order valence-corrected chi connectivity index (χ0v) is 10.5. The first-order chi connectivity index (χ1) is 9.54. The van der Waals surface area contributed by atoms with Crippen molar-refractivity contribution in [1.82, 2.24) is 0 Å². The van der Waals surface area contributed by atoms with E-state index in [2.05, 4.69) is 0 Å². The monoisotopic (exact) mass is 274 g/mol. The largest absolute Gasteiger partial charge is 0.508 e. The number of rotatable bonds is 1. The van der Waals surface area contributed by atoms with E-state index >= 15 is 0 Å². The van der Waals surface area contributed by atoms with Gasteiger partial charge in [-0.25, -0.2) is 0 Å². The van der Waals surface area contributed by atoms with E-state index in [9.17, 15) is 20.4 Å². The van der Waals surface area contributed by atoms with Crippen molar-refractivity contribution < 1.29 is 25.2 Å². The van der Waals surface area contributed by atoms with Gasteiger partial charge in [0.15, 0.2) is 0 Å². The molecule has 1 heterocycles. The number of ether oxygens (including phenoxy) is 1. The summed E-state index contributed by atoms with van der Waals surface area (Å²) in [6.07, 6.45) is -0.992. The van der Waals surface area contributed by atoms with Crippen molar-refractivity contribution in [2.45, 2.75) is 18.6 Å². The Morgan fingerprint density at radius 1 is 0.950 bits per heavy atom. The molecule has 0 saturated heterocycles. The van der Waals surface area contributed by atoms with Crippen LogP contribution in [0.15, 0.2) is 36.4 Å². The van der Waals surface area contributed by atoms with Crippen molar-refractivity contribution in [2.75, 3.05) is 0 Å². The number of aromatic hydroxyl groups is 3. The Balaban J connectivity index is 1.98. The van der Waals surface area contributed by atoms with E-state index in [1.54, 1.807) is 24.3 Å². The Morgan fingerprint density at radius 3 is 2.35 bits per heavy atom. The Hall–Kier alpha value is -2.40. The zero-order chi connectivity index (χ0) is 14.3. The van der Waals surface area contributed by atoms with Crippen LogP contribution in [0.5, 0.6) is 23.0 Å². The molecule has 2 aromatic carbocycles. The molecule has 20 heavy (non-hydrogen) atoms. The number of phenols is 3. The van der Waals surface area contributed by atoms with Crippen LogP contribution >= 0.6 is 0 Å². The van der Waals surface area contributed by atoms with Gasteiger partial charge in [-0.15, -0.1) is 0 Å². The summed E-state index contributed by atoms with van der Waals surface area (Å²) in [6, 6.07) is 9.04. The van der Waals surface area contributed by atoms with Crippen LogP contribution in [0.1, 0.15) is 29.8 Å². The molecule has 0 amide bonds. The van der Waals surface area contributed by atoms with Crippen LogP contribution in [0.25, 0.3) is 0 Å².